The number of amides is 1. The van der Waals surface area contributed by atoms with Crippen molar-refractivity contribution in [3.05, 3.63) is 71.8 Å². The topological polar surface area (TPSA) is 32.3 Å². The summed E-state index contributed by atoms with van der Waals surface area (Å²) in [5.41, 5.74) is 2.38. The molecule has 1 saturated carbocycles. The van der Waals surface area contributed by atoms with Gasteiger partial charge in [-0.15, -0.1) is 0 Å². The highest BCUT2D eigenvalue weighted by atomic mass is 16.2. The van der Waals surface area contributed by atoms with Crippen LogP contribution in [0.15, 0.2) is 60.7 Å². The molecule has 0 radical (unpaired) electrons. The summed E-state index contributed by atoms with van der Waals surface area (Å²) < 4.78 is 0. The summed E-state index contributed by atoms with van der Waals surface area (Å²) >= 11 is 0. The van der Waals surface area contributed by atoms with Gasteiger partial charge in [-0.3, -0.25) is 9.69 Å². The van der Waals surface area contributed by atoms with E-state index in [0.29, 0.717) is 5.92 Å². The van der Waals surface area contributed by atoms with Gasteiger partial charge in [0.15, 0.2) is 0 Å². The highest BCUT2D eigenvalue weighted by Gasteiger charge is 2.48. The molecule has 0 unspecified atom stereocenters. The van der Waals surface area contributed by atoms with Gasteiger partial charge in [0, 0.05) is 25.6 Å². The summed E-state index contributed by atoms with van der Waals surface area (Å²) in [6.45, 7) is 2.61. The van der Waals surface area contributed by atoms with E-state index in [1.807, 2.05) is 0 Å². The maximum absolute atomic E-state index is 12.7. The van der Waals surface area contributed by atoms with E-state index in [1.165, 1.54) is 11.1 Å². The Bertz CT molecular complexity index is 668. The van der Waals surface area contributed by atoms with Crippen LogP contribution in [0.2, 0.25) is 0 Å². The van der Waals surface area contributed by atoms with E-state index in [-0.39, 0.29) is 11.4 Å². The first-order valence-corrected chi connectivity index (χ1v) is 9.43. The van der Waals surface area contributed by atoms with Crippen molar-refractivity contribution in [1.29, 1.82) is 0 Å². The molecule has 0 bridgehead atoms. The minimum Gasteiger partial charge on any atom is -0.353 e. The Balaban J connectivity index is 1.67. The highest BCUT2D eigenvalue weighted by molar-refractivity contribution is 5.87. The van der Waals surface area contributed by atoms with Crippen LogP contribution in [0, 0.1) is 0 Å². The number of rotatable bonds is 4. The van der Waals surface area contributed by atoms with Crippen molar-refractivity contribution < 1.29 is 4.79 Å². The SMILES string of the molecule is O=C1NCCN(CC(c2ccccc2)c2ccccc2)C12CCCC2. The quantitative estimate of drug-likeness (QED) is 0.927. The van der Waals surface area contributed by atoms with E-state index in [2.05, 4.69) is 70.9 Å². The highest BCUT2D eigenvalue weighted by Crippen LogP contribution is 2.39. The molecule has 1 aliphatic heterocycles. The Morgan fingerprint density at radius 1 is 0.920 bits per heavy atom. The molecule has 1 heterocycles. The number of hydrogen-bond donors (Lipinski definition) is 1. The summed E-state index contributed by atoms with van der Waals surface area (Å²) in [5.74, 6) is 0.543. The summed E-state index contributed by atoms with van der Waals surface area (Å²) in [6, 6.07) is 21.4. The minimum atomic E-state index is -0.278. The molecule has 25 heavy (non-hydrogen) atoms. The molecule has 2 aromatic carbocycles. The molecular formula is C22H26N2O. The maximum atomic E-state index is 12.7. The van der Waals surface area contributed by atoms with Crippen molar-refractivity contribution in [1.82, 2.24) is 10.2 Å². The summed E-state index contributed by atoms with van der Waals surface area (Å²) in [6.07, 6.45) is 4.31. The molecule has 1 aliphatic carbocycles. The second kappa shape index (κ2) is 7.01. The fraction of sp³-hybridized carbons (Fsp3) is 0.409. The van der Waals surface area contributed by atoms with E-state index in [1.54, 1.807) is 0 Å². The molecule has 130 valence electrons. The third-order valence-corrected chi connectivity index (χ3v) is 5.93. The fourth-order valence-corrected chi connectivity index (χ4v) is 4.59. The lowest BCUT2D eigenvalue weighted by atomic mass is 9.86. The molecule has 1 amide bonds. The number of nitrogens with zero attached hydrogens (tertiary/aromatic N) is 1. The Morgan fingerprint density at radius 3 is 2.04 bits per heavy atom. The first-order valence-electron chi connectivity index (χ1n) is 9.43. The maximum Gasteiger partial charge on any atom is 0.240 e. The molecule has 4 rings (SSSR count). The van der Waals surface area contributed by atoms with Gasteiger partial charge in [-0.2, -0.15) is 0 Å². The van der Waals surface area contributed by atoms with Gasteiger partial charge < -0.3 is 5.32 Å². The van der Waals surface area contributed by atoms with Crippen molar-refractivity contribution in [2.45, 2.75) is 37.1 Å². The lowest BCUT2D eigenvalue weighted by molar-refractivity contribution is -0.137. The second-order valence-electron chi connectivity index (χ2n) is 7.31. The minimum absolute atomic E-state index is 0.246. The first-order chi connectivity index (χ1) is 12.3. The molecule has 3 nitrogen and oxygen atoms in total. The van der Waals surface area contributed by atoms with Crippen LogP contribution >= 0.6 is 0 Å². The predicted octanol–water partition coefficient (Wildman–Crippen LogP) is 3.56. The van der Waals surface area contributed by atoms with Crippen LogP contribution in [0.5, 0.6) is 0 Å². The molecule has 1 saturated heterocycles. The van der Waals surface area contributed by atoms with Crippen LogP contribution < -0.4 is 5.32 Å². The molecule has 0 aromatic heterocycles. The molecule has 2 fully saturated rings. The smallest absolute Gasteiger partial charge is 0.240 e. The number of piperazine rings is 1. The van der Waals surface area contributed by atoms with Crippen LogP contribution in [0.3, 0.4) is 0 Å². The van der Waals surface area contributed by atoms with Gasteiger partial charge in [-0.05, 0) is 24.0 Å². The summed E-state index contributed by atoms with van der Waals surface area (Å²) in [5, 5.41) is 3.12. The molecule has 2 aromatic rings. The normalized spacial score (nSPS) is 20.1. The Hall–Kier alpha value is -2.13. The van der Waals surface area contributed by atoms with E-state index < -0.39 is 0 Å². The molecule has 0 atom stereocenters. The number of carbonyl (C=O) groups is 1. The lowest BCUT2D eigenvalue weighted by Crippen LogP contribution is -2.64. The van der Waals surface area contributed by atoms with Crippen molar-refractivity contribution in [3.63, 3.8) is 0 Å². The van der Waals surface area contributed by atoms with Crippen molar-refractivity contribution >= 4 is 5.91 Å². The van der Waals surface area contributed by atoms with E-state index in [9.17, 15) is 4.79 Å². The lowest BCUT2D eigenvalue weighted by Gasteiger charge is -2.45. The van der Waals surface area contributed by atoms with Gasteiger partial charge in [-0.1, -0.05) is 73.5 Å². The van der Waals surface area contributed by atoms with Crippen LogP contribution in [-0.2, 0) is 4.79 Å². The molecule has 1 N–H and O–H groups in total. The van der Waals surface area contributed by atoms with Crippen LogP contribution in [0.25, 0.3) is 0 Å². The molecular weight excluding hydrogens is 308 g/mol. The second-order valence-corrected chi connectivity index (χ2v) is 7.31. The number of nitrogens with one attached hydrogen (secondary N) is 1. The van der Waals surface area contributed by atoms with Crippen LogP contribution in [0.1, 0.15) is 42.7 Å². The first kappa shape index (κ1) is 16.3. The van der Waals surface area contributed by atoms with Crippen LogP contribution in [0.4, 0.5) is 0 Å². The van der Waals surface area contributed by atoms with Gasteiger partial charge in [0.05, 0.1) is 0 Å². The van der Waals surface area contributed by atoms with E-state index in [0.717, 1.165) is 45.3 Å². The zero-order valence-corrected chi connectivity index (χ0v) is 14.7. The van der Waals surface area contributed by atoms with Crippen molar-refractivity contribution in [3.8, 4) is 0 Å². The van der Waals surface area contributed by atoms with Gasteiger partial charge in [0.25, 0.3) is 0 Å². The fourth-order valence-electron chi connectivity index (χ4n) is 4.59. The van der Waals surface area contributed by atoms with Crippen molar-refractivity contribution in [2.75, 3.05) is 19.6 Å². The van der Waals surface area contributed by atoms with Crippen LogP contribution in [-0.4, -0.2) is 36.0 Å². The Morgan fingerprint density at radius 2 is 1.48 bits per heavy atom. The third-order valence-electron chi connectivity index (χ3n) is 5.93. The average molecular weight is 334 g/mol. The van der Waals surface area contributed by atoms with Gasteiger partial charge in [-0.25, -0.2) is 0 Å². The largest absolute Gasteiger partial charge is 0.353 e. The number of benzene rings is 2. The van der Waals surface area contributed by atoms with Gasteiger partial charge in [0.2, 0.25) is 5.91 Å². The van der Waals surface area contributed by atoms with E-state index in [4.69, 9.17) is 0 Å². The summed E-state index contributed by atoms with van der Waals surface area (Å²) in [4.78, 5) is 15.2. The third kappa shape index (κ3) is 3.09. The zero-order valence-electron chi connectivity index (χ0n) is 14.7. The van der Waals surface area contributed by atoms with Gasteiger partial charge >= 0.3 is 0 Å². The molecule has 2 aliphatic rings. The standard InChI is InChI=1S/C22H26N2O/c25-21-22(13-7-8-14-22)24(16-15-23-21)17-20(18-9-3-1-4-10-18)19-11-5-2-6-12-19/h1-6,9-12,20H,7-8,13-17H2,(H,23,25). The van der Waals surface area contributed by atoms with E-state index >= 15 is 0 Å². The number of carbonyl (C=O) groups excluding carboxylic acids is 1. The number of hydrogen-bond acceptors (Lipinski definition) is 2. The van der Waals surface area contributed by atoms with Gasteiger partial charge in [0.1, 0.15) is 5.54 Å². The summed E-state index contributed by atoms with van der Waals surface area (Å²) in [7, 11) is 0. The molecule has 1 spiro atoms. The average Bonchev–Trinajstić information content (AvgIpc) is 3.15. The predicted molar refractivity (Wildman–Crippen MR) is 101 cm³/mol. The molecule has 3 heteroatoms. The Kier molecular flexibility index (Phi) is 4.58. The van der Waals surface area contributed by atoms with Crippen molar-refractivity contribution in [2.24, 2.45) is 0 Å². The Labute approximate surface area is 150 Å². The monoisotopic (exact) mass is 334 g/mol. The zero-order chi connectivity index (χ0) is 17.1.